The molecule has 7 heteroatoms. The Kier molecular flexibility index (Phi) is 4.79. The maximum Gasteiger partial charge on any atom is 0.201 e. The van der Waals surface area contributed by atoms with E-state index in [0.717, 1.165) is 5.56 Å². The van der Waals surface area contributed by atoms with E-state index in [1.807, 2.05) is 0 Å². The molecule has 0 aromatic heterocycles. The molecule has 1 heterocycles. The van der Waals surface area contributed by atoms with E-state index in [9.17, 15) is 15.0 Å². The number of ketones is 1. The lowest BCUT2D eigenvalue weighted by Crippen LogP contribution is -2.30. The number of ether oxygens (including phenoxy) is 4. The van der Waals surface area contributed by atoms with Gasteiger partial charge in [0.2, 0.25) is 5.75 Å². The van der Waals surface area contributed by atoms with Gasteiger partial charge in [0, 0.05) is 6.07 Å². The van der Waals surface area contributed by atoms with Gasteiger partial charge >= 0.3 is 0 Å². The SMILES string of the molecule is COc1cc(CC2COc3cc(OC)c(O)c(OC)c3C2=O)ccc1O. The second-order valence-corrected chi connectivity index (χ2v) is 5.92. The van der Waals surface area contributed by atoms with Crippen LogP contribution in [-0.2, 0) is 6.42 Å². The minimum Gasteiger partial charge on any atom is -0.504 e. The molecule has 1 unspecified atom stereocenters. The zero-order valence-electron chi connectivity index (χ0n) is 14.7. The molecule has 2 aromatic rings. The highest BCUT2D eigenvalue weighted by atomic mass is 16.5. The second kappa shape index (κ2) is 7.03. The lowest BCUT2D eigenvalue weighted by Gasteiger charge is -2.26. The molecule has 0 aliphatic carbocycles. The number of fused-ring (bicyclic) bond motifs is 1. The molecular weight excluding hydrogens is 340 g/mol. The van der Waals surface area contributed by atoms with E-state index in [2.05, 4.69) is 0 Å². The molecule has 2 N–H and O–H groups in total. The van der Waals surface area contributed by atoms with E-state index in [1.54, 1.807) is 12.1 Å². The number of methoxy groups -OCH3 is 3. The number of hydrogen-bond acceptors (Lipinski definition) is 7. The van der Waals surface area contributed by atoms with Crippen LogP contribution in [0.1, 0.15) is 15.9 Å². The summed E-state index contributed by atoms with van der Waals surface area (Å²) in [5.74, 6) is 0.0243. The highest BCUT2D eigenvalue weighted by Crippen LogP contribution is 2.47. The smallest absolute Gasteiger partial charge is 0.201 e. The summed E-state index contributed by atoms with van der Waals surface area (Å²) in [5.41, 5.74) is 1.02. The van der Waals surface area contributed by atoms with Gasteiger partial charge in [0.05, 0.1) is 33.9 Å². The first-order chi connectivity index (χ1) is 12.5. The van der Waals surface area contributed by atoms with Crippen molar-refractivity contribution in [2.45, 2.75) is 6.42 Å². The fourth-order valence-corrected chi connectivity index (χ4v) is 3.06. The fraction of sp³-hybridized carbons (Fsp3) is 0.316. The molecule has 0 amide bonds. The van der Waals surface area contributed by atoms with Gasteiger partial charge in [-0.1, -0.05) is 6.07 Å². The fourth-order valence-electron chi connectivity index (χ4n) is 3.06. The van der Waals surface area contributed by atoms with Crippen molar-refractivity contribution in [3.05, 3.63) is 35.4 Å². The minimum atomic E-state index is -0.460. The molecule has 0 saturated heterocycles. The number of Topliss-reactive ketones (excluding diaryl/α,β-unsaturated/α-hetero) is 1. The highest BCUT2D eigenvalue weighted by molar-refractivity contribution is 6.05. The predicted octanol–water partition coefficient (Wildman–Crippen LogP) is 2.56. The Hall–Kier alpha value is -3.09. The van der Waals surface area contributed by atoms with E-state index in [4.69, 9.17) is 18.9 Å². The molecule has 0 spiro atoms. The third-order valence-corrected chi connectivity index (χ3v) is 4.39. The Morgan fingerprint density at radius 3 is 2.46 bits per heavy atom. The second-order valence-electron chi connectivity index (χ2n) is 5.92. The monoisotopic (exact) mass is 360 g/mol. The Labute approximate surface area is 150 Å². The van der Waals surface area contributed by atoms with Gasteiger partial charge in [-0.05, 0) is 24.1 Å². The van der Waals surface area contributed by atoms with Crippen molar-refractivity contribution < 1.29 is 34.0 Å². The summed E-state index contributed by atoms with van der Waals surface area (Å²) in [7, 11) is 4.24. The first-order valence-electron chi connectivity index (χ1n) is 8.01. The first kappa shape index (κ1) is 17.7. The predicted molar refractivity (Wildman–Crippen MR) is 92.9 cm³/mol. The van der Waals surface area contributed by atoms with Gasteiger partial charge in [0.1, 0.15) is 11.3 Å². The van der Waals surface area contributed by atoms with Gasteiger partial charge < -0.3 is 29.2 Å². The summed E-state index contributed by atoms with van der Waals surface area (Å²) in [5, 5.41) is 19.9. The van der Waals surface area contributed by atoms with Crippen LogP contribution in [0.15, 0.2) is 24.3 Å². The summed E-state index contributed by atoms with van der Waals surface area (Å²) >= 11 is 0. The van der Waals surface area contributed by atoms with Crippen LogP contribution in [-0.4, -0.2) is 43.9 Å². The minimum absolute atomic E-state index is 0.0338. The molecule has 7 nitrogen and oxygen atoms in total. The number of phenols is 2. The van der Waals surface area contributed by atoms with Gasteiger partial charge in [-0.2, -0.15) is 0 Å². The van der Waals surface area contributed by atoms with Crippen LogP contribution in [0.3, 0.4) is 0 Å². The Balaban J connectivity index is 1.94. The molecule has 0 radical (unpaired) electrons. The molecule has 26 heavy (non-hydrogen) atoms. The van der Waals surface area contributed by atoms with Crippen LogP contribution >= 0.6 is 0 Å². The van der Waals surface area contributed by atoms with Crippen LogP contribution < -0.4 is 18.9 Å². The number of carbonyl (C=O) groups is 1. The molecule has 0 saturated carbocycles. The molecule has 0 fully saturated rings. The normalized spacial score (nSPS) is 15.8. The number of benzene rings is 2. The molecule has 3 rings (SSSR count). The summed E-state index contributed by atoms with van der Waals surface area (Å²) in [6, 6.07) is 6.41. The Morgan fingerprint density at radius 1 is 1.08 bits per heavy atom. The summed E-state index contributed by atoms with van der Waals surface area (Å²) in [4.78, 5) is 13.0. The van der Waals surface area contributed by atoms with Crippen molar-refractivity contribution >= 4 is 5.78 Å². The summed E-state index contributed by atoms with van der Waals surface area (Å²) in [6.45, 7) is 0.187. The van der Waals surface area contributed by atoms with Crippen molar-refractivity contribution in [3.8, 4) is 34.5 Å². The molecule has 2 aromatic carbocycles. The molecule has 1 atom stereocenters. The number of carbonyl (C=O) groups excluding carboxylic acids is 1. The van der Waals surface area contributed by atoms with E-state index >= 15 is 0 Å². The van der Waals surface area contributed by atoms with Crippen molar-refractivity contribution in [1.82, 2.24) is 0 Å². The zero-order chi connectivity index (χ0) is 18.8. The van der Waals surface area contributed by atoms with Crippen LogP contribution in [0, 0.1) is 5.92 Å². The third kappa shape index (κ3) is 2.96. The Morgan fingerprint density at radius 2 is 1.81 bits per heavy atom. The van der Waals surface area contributed by atoms with E-state index in [-0.39, 0.29) is 41.0 Å². The van der Waals surface area contributed by atoms with Crippen molar-refractivity contribution in [2.75, 3.05) is 27.9 Å². The van der Waals surface area contributed by atoms with Crippen LogP contribution in [0.4, 0.5) is 0 Å². The molecule has 1 aliphatic heterocycles. The zero-order valence-corrected chi connectivity index (χ0v) is 14.7. The number of rotatable bonds is 5. The largest absolute Gasteiger partial charge is 0.504 e. The van der Waals surface area contributed by atoms with Gasteiger partial charge in [0.25, 0.3) is 0 Å². The maximum absolute atomic E-state index is 13.0. The molecule has 138 valence electrons. The average molecular weight is 360 g/mol. The van der Waals surface area contributed by atoms with Gasteiger partial charge in [0.15, 0.2) is 28.8 Å². The van der Waals surface area contributed by atoms with E-state index in [0.29, 0.717) is 17.9 Å². The van der Waals surface area contributed by atoms with Crippen molar-refractivity contribution in [2.24, 2.45) is 5.92 Å². The standard InChI is InChI=1S/C19H20O7/c1-23-13-7-10(4-5-12(13)20)6-11-9-26-14-8-15(24-2)18(22)19(25-3)16(14)17(11)21/h4-5,7-8,11,20,22H,6,9H2,1-3H3. The average Bonchev–Trinajstić information content (AvgIpc) is 2.65. The van der Waals surface area contributed by atoms with Crippen molar-refractivity contribution in [1.29, 1.82) is 0 Å². The van der Waals surface area contributed by atoms with Crippen LogP contribution in [0.2, 0.25) is 0 Å². The quantitative estimate of drug-likeness (QED) is 0.846. The number of aromatic hydroxyl groups is 2. The van der Waals surface area contributed by atoms with Crippen molar-refractivity contribution in [3.63, 3.8) is 0 Å². The lowest BCUT2D eigenvalue weighted by atomic mass is 9.88. The summed E-state index contributed by atoms with van der Waals surface area (Å²) in [6.07, 6.45) is 0.394. The first-order valence-corrected chi connectivity index (χ1v) is 8.01. The Bertz CT molecular complexity index is 844. The molecular formula is C19H20O7. The van der Waals surface area contributed by atoms with Gasteiger partial charge in [-0.25, -0.2) is 0 Å². The number of hydrogen-bond donors (Lipinski definition) is 2. The highest BCUT2D eigenvalue weighted by Gasteiger charge is 2.35. The topological polar surface area (TPSA) is 94.5 Å². The number of phenolic OH excluding ortho intramolecular Hbond substituents is 2. The van der Waals surface area contributed by atoms with Gasteiger partial charge in [-0.3, -0.25) is 4.79 Å². The maximum atomic E-state index is 13.0. The van der Waals surface area contributed by atoms with E-state index < -0.39 is 5.92 Å². The molecule has 0 bridgehead atoms. The van der Waals surface area contributed by atoms with Crippen LogP contribution in [0.25, 0.3) is 0 Å². The van der Waals surface area contributed by atoms with E-state index in [1.165, 1.54) is 33.5 Å². The van der Waals surface area contributed by atoms with Gasteiger partial charge in [-0.15, -0.1) is 0 Å². The summed E-state index contributed by atoms with van der Waals surface area (Å²) < 4.78 is 21.1. The van der Waals surface area contributed by atoms with Crippen LogP contribution in [0.5, 0.6) is 34.5 Å². The molecule has 1 aliphatic rings. The lowest BCUT2D eigenvalue weighted by molar-refractivity contribution is 0.0823. The third-order valence-electron chi connectivity index (χ3n) is 4.39.